The van der Waals surface area contributed by atoms with E-state index in [1.165, 1.54) is 5.56 Å². The highest BCUT2D eigenvalue weighted by Gasteiger charge is 2.18. The van der Waals surface area contributed by atoms with Crippen molar-refractivity contribution in [2.24, 2.45) is 0 Å². The molecule has 0 aliphatic carbocycles. The summed E-state index contributed by atoms with van der Waals surface area (Å²) in [6.45, 7) is 10.6. The van der Waals surface area contributed by atoms with Crippen LogP contribution in [-0.2, 0) is 14.9 Å². The molecule has 0 aromatic heterocycles. The summed E-state index contributed by atoms with van der Waals surface area (Å²) in [6.07, 6.45) is -0.537. The van der Waals surface area contributed by atoms with Crippen LogP contribution >= 0.6 is 0 Å². The van der Waals surface area contributed by atoms with Crippen molar-refractivity contribution < 1.29 is 14.3 Å². The Morgan fingerprint density at radius 2 is 1.76 bits per heavy atom. The first kappa shape index (κ1) is 17.5. The van der Waals surface area contributed by atoms with Crippen LogP contribution in [-0.4, -0.2) is 31.8 Å². The Morgan fingerprint density at radius 1 is 1.19 bits per heavy atom. The Hall–Kier alpha value is -1.55. The molecule has 21 heavy (non-hydrogen) atoms. The van der Waals surface area contributed by atoms with Crippen LogP contribution < -0.4 is 10.1 Å². The standard InChI is InChI=1S/C17H27NO3/c1-12(11-20-6)18-16(19)13(2)21-15-9-7-14(8-10-15)17(3,4)5/h7-10,12-13H,11H2,1-6H3,(H,18,19)/t12-,13-/m1/s1. The average molecular weight is 293 g/mol. The lowest BCUT2D eigenvalue weighted by Crippen LogP contribution is -2.43. The van der Waals surface area contributed by atoms with Crippen LogP contribution in [0.2, 0.25) is 0 Å². The van der Waals surface area contributed by atoms with Crippen molar-refractivity contribution >= 4 is 5.91 Å². The van der Waals surface area contributed by atoms with Crippen LogP contribution in [0.5, 0.6) is 5.75 Å². The molecule has 0 heterocycles. The number of rotatable bonds is 6. The normalized spacial score (nSPS) is 14.4. The summed E-state index contributed by atoms with van der Waals surface area (Å²) in [6, 6.07) is 7.85. The molecule has 0 spiro atoms. The van der Waals surface area contributed by atoms with E-state index in [-0.39, 0.29) is 17.4 Å². The first-order chi connectivity index (χ1) is 9.74. The molecule has 0 saturated carbocycles. The number of carbonyl (C=O) groups is 1. The second-order valence-corrected chi connectivity index (χ2v) is 6.40. The first-order valence-corrected chi connectivity index (χ1v) is 7.30. The van der Waals surface area contributed by atoms with Gasteiger partial charge in [-0.25, -0.2) is 0 Å². The fourth-order valence-electron chi connectivity index (χ4n) is 1.94. The molecule has 2 atom stereocenters. The zero-order valence-electron chi connectivity index (χ0n) is 13.9. The van der Waals surface area contributed by atoms with Gasteiger partial charge in [0.25, 0.3) is 5.91 Å². The third-order valence-electron chi connectivity index (χ3n) is 3.21. The van der Waals surface area contributed by atoms with Crippen molar-refractivity contribution in [2.75, 3.05) is 13.7 Å². The SMILES string of the molecule is COC[C@@H](C)NC(=O)[C@@H](C)Oc1ccc(C(C)(C)C)cc1. The number of hydrogen-bond acceptors (Lipinski definition) is 3. The van der Waals surface area contributed by atoms with E-state index >= 15 is 0 Å². The van der Waals surface area contributed by atoms with Crippen molar-refractivity contribution in [2.45, 2.75) is 52.2 Å². The zero-order chi connectivity index (χ0) is 16.0. The van der Waals surface area contributed by atoms with E-state index in [0.717, 1.165) is 0 Å². The average Bonchev–Trinajstić information content (AvgIpc) is 2.38. The molecule has 1 aromatic carbocycles. The van der Waals surface area contributed by atoms with Crippen LogP contribution in [0.15, 0.2) is 24.3 Å². The molecule has 0 saturated heterocycles. The maximum absolute atomic E-state index is 12.0. The third-order valence-corrected chi connectivity index (χ3v) is 3.21. The molecular weight excluding hydrogens is 266 g/mol. The second-order valence-electron chi connectivity index (χ2n) is 6.40. The van der Waals surface area contributed by atoms with Gasteiger partial charge in [-0.15, -0.1) is 0 Å². The minimum absolute atomic E-state index is 0.0307. The minimum atomic E-state index is -0.537. The highest BCUT2D eigenvalue weighted by atomic mass is 16.5. The molecular formula is C17H27NO3. The summed E-state index contributed by atoms with van der Waals surface area (Å²) in [5.41, 5.74) is 1.34. The fraction of sp³-hybridized carbons (Fsp3) is 0.588. The predicted octanol–water partition coefficient (Wildman–Crippen LogP) is 2.90. The lowest BCUT2D eigenvalue weighted by molar-refractivity contribution is -0.128. The van der Waals surface area contributed by atoms with Gasteiger partial charge in [-0.2, -0.15) is 0 Å². The van der Waals surface area contributed by atoms with Crippen molar-refractivity contribution in [3.8, 4) is 5.75 Å². The molecule has 0 aliphatic rings. The lowest BCUT2D eigenvalue weighted by atomic mass is 9.87. The summed E-state index contributed by atoms with van der Waals surface area (Å²) in [4.78, 5) is 12.0. The maximum atomic E-state index is 12.0. The maximum Gasteiger partial charge on any atom is 0.261 e. The Kier molecular flexibility index (Phi) is 6.21. The molecule has 0 unspecified atom stereocenters. The second kappa shape index (κ2) is 7.46. The van der Waals surface area contributed by atoms with Crippen LogP contribution in [0.25, 0.3) is 0 Å². The van der Waals surface area contributed by atoms with E-state index in [1.807, 2.05) is 31.2 Å². The summed E-state index contributed by atoms with van der Waals surface area (Å²) >= 11 is 0. The van der Waals surface area contributed by atoms with Gasteiger partial charge in [-0.05, 0) is 37.0 Å². The molecule has 4 heteroatoms. The molecule has 1 rings (SSSR count). The molecule has 0 bridgehead atoms. The quantitative estimate of drug-likeness (QED) is 0.877. The molecule has 0 radical (unpaired) electrons. The molecule has 4 nitrogen and oxygen atoms in total. The van der Waals surface area contributed by atoms with E-state index in [9.17, 15) is 4.79 Å². The van der Waals surface area contributed by atoms with Gasteiger partial charge < -0.3 is 14.8 Å². The molecule has 1 N–H and O–H groups in total. The van der Waals surface area contributed by atoms with E-state index in [4.69, 9.17) is 9.47 Å². The van der Waals surface area contributed by atoms with Gasteiger partial charge in [0.15, 0.2) is 6.10 Å². The Bertz CT molecular complexity index is 448. The van der Waals surface area contributed by atoms with Gasteiger partial charge >= 0.3 is 0 Å². The number of amides is 1. The van der Waals surface area contributed by atoms with Crippen LogP contribution in [0.1, 0.15) is 40.2 Å². The van der Waals surface area contributed by atoms with E-state index < -0.39 is 6.10 Å². The van der Waals surface area contributed by atoms with E-state index in [1.54, 1.807) is 14.0 Å². The van der Waals surface area contributed by atoms with Crippen LogP contribution in [0.4, 0.5) is 0 Å². The number of benzene rings is 1. The topological polar surface area (TPSA) is 47.6 Å². The fourth-order valence-corrected chi connectivity index (χ4v) is 1.94. The minimum Gasteiger partial charge on any atom is -0.481 e. The van der Waals surface area contributed by atoms with Crippen molar-refractivity contribution in [1.82, 2.24) is 5.32 Å². The molecule has 0 aliphatic heterocycles. The third kappa shape index (κ3) is 5.76. The Labute approximate surface area is 127 Å². The smallest absolute Gasteiger partial charge is 0.261 e. The van der Waals surface area contributed by atoms with E-state index in [2.05, 4.69) is 26.1 Å². The van der Waals surface area contributed by atoms with Crippen molar-refractivity contribution in [1.29, 1.82) is 0 Å². The van der Waals surface area contributed by atoms with Crippen LogP contribution in [0, 0.1) is 0 Å². The summed E-state index contributed by atoms with van der Waals surface area (Å²) < 4.78 is 10.7. The number of ether oxygens (including phenoxy) is 2. The van der Waals surface area contributed by atoms with Gasteiger partial charge in [-0.3, -0.25) is 4.79 Å². The number of methoxy groups -OCH3 is 1. The largest absolute Gasteiger partial charge is 0.481 e. The number of carbonyl (C=O) groups excluding carboxylic acids is 1. The number of nitrogens with one attached hydrogen (secondary N) is 1. The highest BCUT2D eigenvalue weighted by molar-refractivity contribution is 5.80. The summed E-state index contributed by atoms with van der Waals surface area (Å²) in [5.74, 6) is 0.560. The van der Waals surface area contributed by atoms with E-state index in [0.29, 0.717) is 12.4 Å². The van der Waals surface area contributed by atoms with Crippen molar-refractivity contribution in [3.05, 3.63) is 29.8 Å². The molecule has 1 aromatic rings. The first-order valence-electron chi connectivity index (χ1n) is 7.30. The lowest BCUT2D eigenvalue weighted by Gasteiger charge is -2.21. The highest BCUT2D eigenvalue weighted by Crippen LogP contribution is 2.24. The predicted molar refractivity (Wildman–Crippen MR) is 84.7 cm³/mol. The van der Waals surface area contributed by atoms with Gasteiger partial charge in [0.2, 0.25) is 0 Å². The Morgan fingerprint density at radius 3 is 2.24 bits per heavy atom. The molecule has 1 amide bonds. The number of hydrogen-bond donors (Lipinski definition) is 1. The van der Waals surface area contributed by atoms with Crippen molar-refractivity contribution in [3.63, 3.8) is 0 Å². The van der Waals surface area contributed by atoms with Gasteiger partial charge in [0, 0.05) is 13.2 Å². The Balaban J connectivity index is 2.58. The molecule has 118 valence electrons. The molecule has 0 fully saturated rings. The zero-order valence-corrected chi connectivity index (χ0v) is 13.9. The van der Waals surface area contributed by atoms with Gasteiger partial charge in [-0.1, -0.05) is 32.9 Å². The monoisotopic (exact) mass is 293 g/mol. The van der Waals surface area contributed by atoms with Crippen LogP contribution in [0.3, 0.4) is 0 Å². The van der Waals surface area contributed by atoms with Gasteiger partial charge in [0.1, 0.15) is 5.75 Å². The summed E-state index contributed by atoms with van der Waals surface area (Å²) in [5, 5.41) is 2.85. The van der Waals surface area contributed by atoms with Gasteiger partial charge in [0.05, 0.1) is 6.61 Å². The summed E-state index contributed by atoms with van der Waals surface area (Å²) in [7, 11) is 1.61.